The summed E-state index contributed by atoms with van der Waals surface area (Å²) in [6.07, 6.45) is 0.844. The molecular formula is C24H24N2O3. The van der Waals surface area contributed by atoms with Crippen LogP contribution in [0.2, 0.25) is 0 Å². The molecule has 148 valence electrons. The van der Waals surface area contributed by atoms with Crippen LogP contribution in [0, 0.1) is 0 Å². The highest BCUT2D eigenvalue weighted by atomic mass is 16.5. The predicted octanol–water partition coefficient (Wildman–Crippen LogP) is 5.09. The summed E-state index contributed by atoms with van der Waals surface area (Å²) in [5.41, 5.74) is 2.08. The van der Waals surface area contributed by atoms with E-state index in [9.17, 15) is 0 Å². The van der Waals surface area contributed by atoms with Gasteiger partial charge in [0.25, 0.3) is 0 Å². The molecule has 5 nitrogen and oxygen atoms in total. The Morgan fingerprint density at radius 3 is 2.34 bits per heavy atom. The second-order valence-electron chi connectivity index (χ2n) is 6.62. The van der Waals surface area contributed by atoms with E-state index in [-0.39, 0.29) is 0 Å². The maximum absolute atomic E-state index is 5.94. The minimum Gasteiger partial charge on any atom is -0.493 e. The number of aromatic nitrogens is 2. The summed E-state index contributed by atoms with van der Waals surface area (Å²) < 4.78 is 19.4. The maximum atomic E-state index is 5.94. The average Bonchev–Trinajstić information content (AvgIpc) is 3.14. The first-order chi connectivity index (χ1) is 14.3. The number of nitrogens with zero attached hydrogens (tertiary/aromatic N) is 2. The third-order valence-corrected chi connectivity index (χ3v) is 4.70. The number of fused-ring (bicyclic) bond motifs is 1. The van der Waals surface area contributed by atoms with Gasteiger partial charge in [0, 0.05) is 6.54 Å². The van der Waals surface area contributed by atoms with Crippen LogP contribution < -0.4 is 14.2 Å². The minimum absolute atomic E-state index is 0.423. The molecular weight excluding hydrogens is 364 g/mol. The van der Waals surface area contributed by atoms with Gasteiger partial charge < -0.3 is 18.8 Å². The van der Waals surface area contributed by atoms with Gasteiger partial charge >= 0.3 is 0 Å². The topological polar surface area (TPSA) is 45.5 Å². The number of methoxy groups -OCH3 is 1. The lowest BCUT2D eigenvalue weighted by molar-refractivity contribution is 0.273. The van der Waals surface area contributed by atoms with Gasteiger partial charge in [-0.15, -0.1) is 0 Å². The van der Waals surface area contributed by atoms with Crippen LogP contribution in [0.4, 0.5) is 0 Å². The Kier molecular flexibility index (Phi) is 5.95. The molecule has 5 heteroatoms. The van der Waals surface area contributed by atoms with Crippen LogP contribution in [0.15, 0.2) is 78.9 Å². The first-order valence-corrected chi connectivity index (χ1v) is 9.73. The second-order valence-corrected chi connectivity index (χ2v) is 6.62. The monoisotopic (exact) mass is 388 g/mol. The molecule has 0 N–H and O–H groups in total. The van der Waals surface area contributed by atoms with Crippen molar-refractivity contribution in [2.75, 3.05) is 13.7 Å². The van der Waals surface area contributed by atoms with Crippen LogP contribution in [0.5, 0.6) is 17.2 Å². The zero-order valence-electron chi connectivity index (χ0n) is 16.5. The molecule has 3 aromatic carbocycles. The van der Waals surface area contributed by atoms with E-state index in [0.717, 1.165) is 47.1 Å². The molecule has 1 heterocycles. The zero-order valence-corrected chi connectivity index (χ0v) is 16.5. The number of rotatable bonds is 9. The van der Waals surface area contributed by atoms with Crippen LogP contribution in [-0.4, -0.2) is 23.3 Å². The molecule has 1 aromatic heterocycles. The maximum Gasteiger partial charge on any atom is 0.161 e. The average molecular weight is 388 g/mol. The van der Waals surface area contributed by atoms with Crippen molar-refractivity contribution < 1.29 is 14.2 Å². The fourth-order valence-electron chi connectivity index (χ4n) is 3.29. The molecule has 0 atom stereocenters. The van der Waals surface area contributed by atoms with Crippen molar-refractivity contribution in [3.05, 3.63) is 84.7 Å². The van der Waals surface area contributed by atoms with Gasteiger partial charge in [-0.1, -0.05) is 42.5 Å². The molecule has 0 aliphatic rings. The Morgan fingerprint density at radius 1 is 0.793 bits per heavy atom. The van der Waals surface area contributed by atoms with Gasteiger partial charge in [-0.05, 0) is 42.8 Å². The number of hydrogen-bond donors (Lipinski definition) is 0. The van der Waals surface area contributed by atoms with E-state index in [0.29, 0.717) is 13.2 Å². The van der Waals surface area contributed by atoms with Crippen molar-refractivity contribution in [3.63, 3.8) is 0 Å². The van der Waals surface area contributed by atoms with Crippen LogP contribution in [-0.2, 0) is 13.2 Å². The van der Waals surface area contributed by atoms with Gasteiger partial charge in [-0.3, -0.25) is 0 Å². The Hall–Kier alpha value is -3.47. The fraction of sp³-hybridized carbons (Fsp3) is 0.208. The molecule has 0 unspecified atom stereocenters. The van der Waals surface area contributed by atoms with E-state index in [4.69, 9.17) is 19.2 Å². The highest BCUT2D eigenvalue weighted by Gasteiger charge is 2.11. The Labute approximate surface area is 170 Å². The first kappa shape index (κ1) is 18.9. The minimum atomic E-state index is 0.423. The smallest absolute Gasteiger partial charge is 0.161 e. The van der Waals surface area contributed by atoms with Crippen molar-refractivity contribution in [1.82, 2.24) is 9.55 Å². The molecule has 0 saturated heterocycles. The van der Waals surface area contributed by atoms with Gasteiger partial charge in [0.05, 0.1) is 24.8 Å². The quantitative estimate of drug-likeness (QED) is 0.375. The molecule has 0 amide bonds. The van der Waals surface area contributed by atoms with Gasteiger partial charge in [-0.25, -0.2) is 4.98 Å². The van der Waals surface area contributed by atoms with E-state index in [1.54, 1.807) is 7.11 Å². The van der Waals surface area contributed by atoms with E-state index in [1.165, 1.54) is 0 Å². The molecule has 0 spiro atoms. The molecule has 0 aliphatic carbocycles. The molecule has 4 rings (SSSR count). The number of hydrogen-bond acceptors (Lipinski definition) is 4. The van der Waals surface area contributed by atoms with E-state index < -0.39 is 0 Å². The first-order valence-electron chi connectivity index (χ1n) is 9.73. The van der Waals surface area contributed by atoms with Gasteiger partial charge in [0.15, 0.2) is 11.5 Å². The van der Waals surface area contributed by atoms with E-state index in [1.807, 2.05) is 72.8 Å². The summed E-state index contributed by atoms with van der Waals surface area (Å²) in [5.74, 6) is 3.26. The molecule has 0 fully saturated rings. The predicted molar refractivity (Wildman–Crippen MR) is 114 cm³/mol. The zero-order chi connectivity index (χ0) is 19.9. The summed E-state index contributed by atoms with van der Waals surface area (Å²) in [6.45, 7) is 1.81. The van der Waals surface area contributed by atoms with Crippen molar-refractivity contribution in [3.8, 4) is 17.2 Å². The Balaban J connectivity index is 1.44. The number of ether oxygens (including phenoxy) is 3. The largest absolute Gasteiger partial charge is 0.493 e. The van der Waals surface area contributed by atoms with Crippen molar-refractivity contribution in [2.24, 2.45) is 0 Å². The molecule has 0 saturated carbocycles. The van der Waals surface area contributed by atoms with Gasteiger partial charge in [0.1, 0.15) is 18.2 Å². The van der Waals surface area contributed by atoms with Crippen LogP contribution >= 0.6 is 0 Å². The van der Waals surface area contributed by atoms with Crippen molar-refractivity contribution >= 4 is 11.0 Å². The Bertz CT molecular complexity index is 1060. The van der Waals surface area contributed by atoms with E-state index in [2.05, 4.69) is 10.6 Å². The summed E-state index contributed by atoms with van der Waals surface area (Å²) in [4.78, 5) is 4.77. The van der Waals surface area contributed by atoms with E-state index >= 15 is 0 Å². The summed E-state index contributed by atoms with van der Waals surface area (Å²) in [5, 5.41) is 0. The third-order valence-electron chi connectivity index (χ3n) is 4.70. The lowest BCUT2D eigenvalue weighted by atomic mass is 10.3. The van der Waals surface area contributed by atoms with Crippen LogP contribution in [0.1, 0.15) is 12.2 Å². The lowest BCUT2D eigenvalue weighted by Gasteiger charge is -2.12. The second kappa shape index (κ2) is 9.15. The van der Waals surface area contributed by atoms with Crippen molar-refractivity contribution in [2.45, 2.75) is 19.6 Å². The summed E-state index contributed by atoms with van der Waals surface area (Å²) >= 11 is 0. The molecule has 0 radical (unpaired) electrons. The summed E-state index contributed by atoms with van der Waals surface area (Å²) in [6, 6.07) is 25.7. The number of aryl methyl sites for hydroxylation is 1. The highest BCUT2D eigenvalue weighted by molar-refractivity contribution is 5.75. The SMILES string of the molecule is COc1ccccc1OCCCn1c(COc2ccccc2)nc2ccccc21. The fourth-order valence-corrected chi connectivity index (χ4v) is 3.29. The molecule has 0 aliphatic heterocycles. The molecule has 0 bridgehead atoms. The summed E-state index contributed by atoms with van der Waals surface area (Å²) in [7, 11) is 1.65. The number of benzene rings is 3. The molecule has 29 heavy (non-hydrogen) atoms. The third kappa shape index (κ3) is 4.51. The van der Waals surface area contributed by atoms with Gasteiger partial charge in [-0.2, -0.15) is 0 Å². The van der Waals surface area contributed by atoms with Crippen molar-refractivity contribution in [1.29, 1.82) is 0 Å². The van der Waals surface area contributed by atoms with Crippen LogP contribution in [0.25, 0.3) is 11.0 Å². The normalized spacial score (nSPS) is 10.8. The standard InChI is InChI=1S/C24H24N2O3/c1-27-22-14-7-8-15-23(22)28-17-9-16-26-21-13-6-5-12-20(21)25-24(26)18-29-19-10-3-2-4-11-19/h2-8,10-15H,9,16-18H2,1H3. The Morgan fingerprint density at radius 2 is 1.52 bits per heavy atom. The van der Waals surface area contributed by atoms with Gasteiger partial charge in [0.2, 0.25) is 0 Å². The highest BCUT2D eigenvalue weighted by Crippen LogP contribution is 2.26. The molecule has 4 aromatic rings. The number of imidazole rings is 1. The lowest BCUT2D eigenvalue weighted by Crippen LogP contribution is -2.10. The van der Waals surface area contributed by atoms with Crippen LogP contribution in [0.3, 0.4) is 0 Å². The number of para-hydroxylation sites is 5.